The van der Waals surface area contributed by atoms with Crippen LogP contribution in [0.15, 0.2) is 42.6 Å². The molecular weight excluding hydrogens is 400 g/mol. The van der Waals surface area contributed by atoms with Crippen LogP contribution in [-0.4, -0.2) is 65.9 Å². The van der Waals surface area contributed by atoms with Crippen molar-refractivity contribution in [1.82, 2.24) is 14.8 Å². The zero-order valence-corrected chi connectivity index (χ0v) is 19.1. The first kappa shape index (κ1) is 21.0. The molecule has 3 heterocycles. The number of aromatic nitrogens is 1. The number of benzene rings is 1. The fourth-order valence-electron chi connectivity index (χ4n) is 5.55. The number of hydrogen-bond donors (Lipinski definition) is 0. The molecule has 2 aliphatic heterocycles. The summed E-state index contributed by atoms with van der Waals surface area (Å²) in [7, 11) is 0. The van der Waals surface area contributed by atoms with Crippen molar-refractivity contribution in [2.75, 3.05) is 44.2 Å². The number of piperidine rings is 1. The number of piperazine rings is 1. The molecular formula is C26H32N4O2. The summed E-state index contributed by atoms with van der Waals surface area (Å²) in [5.41, 5.74) is 3.14. The zero-order valence-electron chi connectivity index (χ0n) is 19.1. The Morgan fingerprint density at radius 3 is 2.34 bits per heavy atom. The van der Waals surface area contributed by atoms with Crippen LogP contribution in [-0.2, 0) is 4.79 Å². The highest BCUT2D eigenvalue weighted by Crippen LogP contribution is 2.60. The molecule has 2 saturated heterocycles. The molecule has 1 atom stereocenters. The van der Waals surface area contributed by atoms with Crippen molar-refractivity contribution in [3.05, 3.63) is 59.3 Å². The van der Waals surface area contributed by atoms with Crippen molar-refractivity contribution in [3.63, 3.8) is 0 Å². The van der Waals surface area contributed by atoms with Gasteiger partial charge < -0.3 is 14.7 Å². The lowest BCUT2D eigenvalue weighted by Crippen LogP contribution is -2.50. The first-order chi connectivity index (χ1) is 15.5. The maximum absolute atomic E-state index is 13.2. The summed E-state index contributed by atoms with van der Waals surface area (Å²) in [6.45, 7) is 8.76. The van der Waals surface area contributed by atoms with Crippen molar-refractivity contribution in [2.45, 2.75) is 33.1 Å². The van der Waals surface area contributed by atoms with Crippen LogP contribution in [0.2, 0.25) is 0 Å². The van der Waals surface area contributed by atoms with Crippen LogP contribution in [0, 0.1) is 25.2 Å². The van der Waals surface area contributed by atoms with E-state index in [1.165, 1.54) is 5.56 Å². The topological polar surface area (TPSA) is 56.8 Å². The van der Waals surface area contributed by atoms with E-state index >= 15 is 0 Å². The van der Waals surface area contributed by atoms with Gasteiger partial charge in [0.15, 0.2) is 0 Å². The molecule has 32 heavy (non-hydrogen) atoms. The number of rotatable bonds is 3. The predicted octanol–water partition coefficient (Wildman–Crippen LogP) is 3.29. The molecule has 0 unspecified atom stereocenters. The third-order valence-corrected chi connectivity index (χ3v) is 7.71. The van der Waals surface area contributed by atoms with Crippen LogP contribution in [0.5, 0.6) is 0 Å². The maximum Gasteiger partial charge on any atom is 0.254 e. The summed E-state index contributed by atoms with van der Waals surface area (Å²) < 4.78 is 0. The Balaban J connectivity index is 1.14. The molecule has 2 amide bonds. The quantitative estimate of drug-likeness (QED) is 0.747. The van der Waals surface area contributed by atoms with Gasteiger partial charge >= 0.3 is 0 Å². The van der Waals surface area contributed by atoms with E-state index in [1.54, 1.807) is 0 Å². The SMILES string of the molecule is Cc1ccc(C(=O)N2CCC3(CC2)C[C@H]3C(=O)N2CCN(c3ccccn3)CC2)c(C)c1. The first-order valence-electron chi connectivity index (χ1n) is 11.8. The second-order valence-corrected chi connectivity index (χ2v) is 9.73. The van der Waals surface area contributed by atoms with Crippen LogP contribution in [0.3, 0.4) is 0 Å². The second-order valence-electron chi connectivity index (χ2n) is 9.73. The van der Waals surface area contributed by atoms with E-state index in [0.717, 1.165) is 75.5 Å². The summed E-state index contributed by atoms with van der Waals surface area (Å²) >= 11 is 0. The van der Waals surface area contributed by atoms with Crippen LogP contribution >= 0.6 is 0 Å². The Morgan fingerprint density at radius 1 is 0.938 bits per heavy atom. The fraction of sp³-hybridized carbons (Fsp3) is 0.500. The minimum absolute atomic E-state index is 0.119. The van der Waals surface area contributed by atoms with Gasteiger partial charge in [-0.3, -0.25) is 9.59 Å². The van der Waals surface area contributed by atoms with Gasteiger partial charge in [-0.05, 0) is 62.3 Å². The van der Waals surface area contributed by atoms with Crippen molar-refractivity contribution in [2.24, 2.45) is 11.3 Å². The maximum atomic E-state index is 13.2. The molecule has 0 N–H and O–H groups in total. The number of aryl methyl sites for hydroxylation is 2. The molecule has 3 fully saturated rings. The van der Waals surface area contributed by atoms with E-state index in [0.29, 0.717) is 5.91 Å². The van der Waals surface area contributed by atoms with E-state index in [2.05, 4.69) is 22.9 Å². The summed E-state index contributed by atoms with van der Waals surface area (Å²) in [5, 5.41) is 0. The highest BCUT2D eigenvalue weighted by atomic mass is 16.2. The van der Waals surface area contributed by atoms with Gasteiger partial charge in [-0.2, -0.15) is 0 Å². The normalized spacial score (nSPS) is 22.2. The number of carbonyl (C=O) groups is 2. The lowest BCUT2D eigenvalue weighted by molar-refractivity contribution is -0.134. The number of anilines is 1. The molecule has 2 aromatic rings. The van der Waals surface area contributed by atoms with E-state index in [9.17, 15) is 9.59 Å². The Bertz CT molecular complexity index is 1010. The zero-order chi connectivity index (χ0) is 22.3. The van der Waals surface area contributed by atoms with Crippen molar-refractivity contribution >= 4 is 17.6 Å². The lowest BCUT2D eigenvalue weighted by Gasteiger charge is -2.37. The Morgan fingerprint density at radius 2 is 1.69 bits per heavy atom. The van der Waals surface area contributed by atoms with Crippen LogP contribution in [0.25, 0.3) is 0 Å². The van der Waals surface area contributed by atoms with Crippen LogP contribution in [0.1, 0.15) is 40.7 Å². The van der Waals surface area contributed by atoms with E-state index in [-0.39, 0.29) is 17.2 Å². The molecule has 1 aromatic heterocycles. The van der Waals surface area contributed by atoms with Gasteiger partial charge in [0.2, 0.25) is 5.91 Å². The monoisotopic (exact) mass is 432 g/mol. The van der Waals surface area contributed by atoms with Crippen LogP contribution < -0.4 is 4.90 Å². The van der Waals surface area contributed by atoms with Gasteiger partial charge in [0, 0.05) is 56.9 Å². The summed E-state index contributed by atoms with van der Waals surface area (Å²) in [4.78, 5) is 36.9. The number of carbonyl (C=O) groups excluding carboxylic acids is 2. The van der Waals surface area contributed by atoms with Gasteiger partial charge in [-0.15, -0.1) is 0 Å². The van der Waals surface area contributed by atoms with Crippen molar-refractivity contribution in [1.29, 1.82) is 0 Å². The van der Waals surface area contributed by atoms with Crippen LogP contribution in [0.4, 0.5) is 5.82 Å². The number of hydrogen-bond acceptors (Lipinski definition) is 4. The Hall–Kier alpha value is -2.89. The summed E-state index contributed by atoms with van der Waals surface area (Å²) in [5.74, 6) is 1.58. The van der Waals surface area contributed by atoms with Gasteiger partial charge in [-0.25, -0.2) is 4.98 Å². The van der Waals surface area contributed by atoms with Crippen molar-refractivity contribution < 1.29 is 9.59 Å². The molecule has 3 aliphatic rings. The average Bonchev–Trinajstić information content (AvgIpc) is 3.52. The summed E-state index contributed by atoms with van der Waals surface area (Å²) in [6.07, 6.45) is 4.68. The Kier molecular flexibility index (Phi) is 5.39. The highest BCUT2D eigenvalue weighted by molar-refractivity contribution is 5.95. The van der Waals surface area contributed by atoms with Gasteiger partial charge in [-0.1, -0.05) is 23.8 Å². The average molecular weight is 433 g/mol. The largest absolute Gasteiger partial charge is 0.353 e. The molecule has 168 valence electrons. The van der Waals surface area contributed by atoms with Gasteiger partial charge in [0.1, 0.15) is 5.82 Å². The number of likely N-dealkylation sites (tertiary alicyclic amines) is 1. The number of amides is 2. The third kappa shape index (κ3) is 3.87. The number of pyridine rings is 1. The lowest BCUT2D eigenvalue weighted by atomic mass is 9.89. The predicted molar refractivity (Wildman–Crippen MR) is 125 cm³/mol. The minimum atomic E-state index is 0.119. The van der Waals surface area contributed by atoms with Gasteiger partial charge in [0.25, 0.3) is 5.91 Å². The highest BCUT2D eigenvalue weighted by Gasteiger charge is 2.59. The molecule has 6 heteroatoms. The Labute approximate surface area is 190 Å². The molecule has 1 saturated carbocycles. The molecule has 5 rings (SSSR count). The third-order valence-electron chi connectivity index (χ3n) is 7.71. The first-order valence-corrected chi connectivity index (χ1v) is 11.8. The molecule has 0 bridgehead atoms. The van der Waals surface area contributed by atoms with E-state index < -0.39 is 0 Å². The molecule has 1 spiro atoms. The summed E-state index contributed by atoms with van der Waals surface area (Å²) in [6, 6.07) is 12.0. The second kappa shape index (κ2) is 8.23. The fourth-order valence-corrected chi connectivity index (χ4v) is 5.55. The molecule has 6 nitrogen and oxygen atoms in total. The molecule has 1 aromatic carbocycles. The van der Waals surface area contributed by atoms with E-state index in [4.69, 9.17) is 0 Å². The minimum Gasteiger partial charge on any atom is -0.353 e. The smallest absolute Gasteiger partial charge is 0.254 e. The van der Waals surface area contributed by atoms with E-state index in [1.807, 2.05) is 53.3 Å². The molecule has 0 radical (unpaired) electrons. The standard InChI is InChI=1S/C26H32N4O2/c1-19-6-7-21(20(2)17-19)24(31)29-11-8-26(9-12-29)18-22(26)25(32)30-15-13-28(14-16-30)23-5-3-4-10-27-23/h3-7,10,17,22H,8-9,11-16,18H2,1-2H3/t22-/m0/s1. The van der Waals surface area contributed by atoms with Crippen molar-refractivity contribution in [3.8, 4) is 0 Å². The molecule has 1 aliphatic carbocycles. The van der Waals surface area contributed by atoms with Gasteiger partial charge in [0.05, 0.1) is 0 Å². The number of nitrogens with zero attached hydrogens (tertiary/aromatic N) is 4.